The largest absolute Gasteiger partial charge is 0.336 e. The van der Waals surface area contributed by atoms with Crippen LogP contribution in [0.5, 0.6) is 0 Å². The highest BCUT2D eigenvalue weighted by Gasteiger charge is 2.22. The zero-order valence-corrected chi connectivity index (χ0v) is 17.7. The molecule has 8 heteroatoms. The summed E-state index contributed by atoms with van der Waals surface area (Å²) in [6.07, 6.45) is 0. The zero-order chi connectivity index (χ0) is 20.7. The third kappa shape index (κ3) is 6.82. The minimum absolute atomic E-state index is 0.0279. The first-order chi connectivity index (χ1) is 13.3. The lowest BCUT2D eigenvalue weighted by molar-refractivity contribution is -0.384. The third-order valence-corrected chi connectivity index (χ3v) is 5.48. The monoisotopic (exact) mass is 421 g/mol. The van der Waals surface area contributed by atoms with E-state index < -0.39 is 4.92 Å². The number of hydrogen-bond acceptors (Lipinski definition) is 5. The van der Waals surface area contributed by atoms with Gasteiger partial charge in [-0.25, -0.2) is 0 Å². The van der Waals surface area contributed by atoms with Gasteiger partial charge in [-0.05, 0) is 50.8 Å². The summed E-state index contributed by atoms with van der Waals surface area (Å²) in [7, 11) is 3.94. The third-order valence-electron chi connectivity index (χ3n) is 4.12. The molecule has 0 fully saturated rings. The zero-order valence-electron chi connectivity index (χ0n) is 16.2. The molecule has 1 amide bonds. The quantitative estimate of drug-likeness (QED) is 0.342. The molecule has 0 N–H and O–H groups in total. The number of carbonyl (C=O) groups excluding carboxylic acids is 1. The molecule has 0 saturated heterocycles. The lowest BCUT2D eigenvalue weighted by atomic mass is 10.2. The molecule has 28 heavy (non-hydrogen) atoms. The van der Waals surface area contributed by atoms with Gasteiger partial charge in [-0.15, -0.1) is 11.8 Å². The van der Waals surface area contributed by atoms with Gasteiger partial charge in [-0.2, -0.15) is 0 Å². The van der Waals surface area contributed by atoms with E-state index in [2.05, 4.69) is 0 Å². The van der Waals surface area contributed by atoms with Crippen LogP contribution in [0.3, 0.4) is 0 Å². The Labute approximate surface area is 174 Å². The molecule has 0 radical (unpaired) electrons. The minimum Gasteiger partial charge on any atom is -0.336 e. The summed E-state index contributed by atoms with van der Waals surface area (Å²) in [6, 6.07) is 13.7. The fraction of sp³-hybridized carbons (Fsp3) is 0.350. The molecule has 150 valence electrons. The molecule has 2 aromatic rings. The first-order valence-corrected chi connectivity index (χ1v) is 10.1. The number of rotatable bonds is 9. The average Bonchev–Trinajstić information content (AvgIpc) is 2.66. The van der Waals surface area contributed by atoms with Crippen molar-refractivity contribution in [3.8, 4) is 0 Å². The van der Waals surface area contributed by atoms with E-state index in [1.54, 1.807) is 12.1 Å². The molecule has 0 bridgehead atoms. The molecule has 2 aromatic carbocycles. The Morgan fingerprint density at radius 3 is 2.25 bits per heavy atom. The molecule has 0 aliphatic heterocycles. The number of carbonyl (C=O) groups is 1. The van der Waals surface area contributed by atoms with Crippen LogP contribution >= 0.6 is 23.4 Å². The summed E-state index contributed by atoms with van der Waals surface area (Å²) in [5.41, 5.74) is 1.06. The Morgan fingerprint density at radius 2 is 1.71 bits per heavy atom. The van der Waals surface area contributed by atoms with Crippen molar-refractivity contribution >= 4 is 35.0 Å². The average molecular weight is 422 g/mol. The Balaban J connectivity index is 2.08. The number of nitro groups is 1. The summed E-state index contributed by atoms with van der Waals surface area (Å²) >= 11 is 7.35. The van der Waals surface area contributed by atoms with E-state index in [0.717, 1.165) is 17.0 Å². The van der Waals surface area contributed by atoms with Crippen molar-refractivity contribution in [3.05, 3.63) is 69.2 Å². The molecule has 0 saturated carbocycles. The van der Waals surface area contributed by atoms with E-state index >= 15 is 0 Å². The molecule has 0 heterocycles. The van der Waals surface area contributed by atoms with Gasteiger partial charge in [0.1, 0.15) is 0 Å². The van der Waals surface area contributed by atoms with Gasteiger partial charge >= 0.3 is 0 Å². The van der Waals surface area contributed by atoms with Crippen molar-refractivity contribution in [2.45, 2.75) is 23.6 Å². The van der Waals surface area contributed by atoms with E-state index in [0.29, 0.717) is 18.1 Å². The van der Waals surface area contributed by atoms with Crippen molar-refractivity contribution in [2.24, 2.45) is 0 Å². The van der Waals surface area contributed by atoms with Crippen LogP contribution in [-0.2, 0) is 11.3 Å². The Hall–Kier alpha value is -2.09. The number of halogens is 1. The molecule has 1 atom stereocenters. The van der Waals surface area contributed by atoms with Gasteiger partial charge in [0.25, 0.3) is 5.69 Å². The lowest BCUT2D eigenvalue weighted by Gasteiger charge is -2.27. The standard InChI is InChI=1S/C20H24ClN3O3S/c1-15(28-19-10-8-18(9-11-19)24(26)27)20(25)23(13-12-22(2)3)14-16-4-6-17(21)7-5-16/h4-11,15H,12-14H2,1-3H3. The Bertz CT molecular complexity index is 797. The van der Waals surface area contributed by atoms with Crippen molar-refractivity contribution in [1.82, 2.24) is 9.80 Å². The molecule has 0 aliphatic carbocycles. The van der Waals surface area contributed by atoms with Gasteiger partial charge in [-0.1, -0.05) is 23.7 Å². The highest BCUT2D eigenvalue weighted by atomic mass is 35.5. The molecule has 6 nitrogen and oxygen atoms in total. The normalized spacial score (nSPS) is 12.0. The maximum atomic E-state index is 13.1. The van der Waals surface area contributed by atoms with E-state index in [4.69, 9.17) is 11.6 Å². The SMILES string of the molecule is CC(Sc1ccc([N+](=O)[O-])cc1)C(=O)N(CCN(C)C)Cc1ccc(Cl)cc1. The van der Waals surface area contributed by atoms with Crippen LogP contribution in [0.1, 0.15) is 12.5 Å². The number of non-ortho nitro benzene ring substituents is 1. The summed E-state index contributed by atoms with van der Waals surface area (Å²) in [5.74, 6) is 0.0279. The van der Waals surface area contributed by atoms with Crippen LogP contribution in [0, 0.1) is 10.1 Å². The molecule has 1 unspecified atom stereocenters. The van der Waals surface area contributed by atoms with Gasteiger partial charge < -0.3 is 9.80 Å². The van der Waals surface area contributed by atoms with Crippen LogP contribution in [0.2, 0.25) is 5.02 Å². The molecular weight excluding hydrogens is 398 g/mol. The van der Waals surface area contributed by atoms with E-state index in [-0.39, 0.29) is 16.8 Å². The summed E-state index contributed by atoms with van der Waals surface area (Å²) in [6.45, 7) is 3.74. The second-order valence-electron chi connectivity index (χ2n) is 6.70. The van der Waals surface area contributed by atoms with Gasteiger partial charge in [0.15, 0.2) is 0 Å². The Morgan fingerprint density at radius 1 is 1.11 bits per heavy atom. The highest BCUT2D eigenvalue weighted by molar-refractivity contribution is 8.00. The molecule has 0 aromatic heterocycles. The van der Waals surface area contributed by atoms with Crippen LogP contribution in [-0.4, -0.2) is 53.1 Å². The maximum Gasteiger partial charge on any atom is 0.269 e. The summed E-state index contributed by atoms with van der Waals surface area (Å²) in [4.78, 5) is 28.1. The van der Waals surface area contributed by atoms with E-state index in [9.17, 15) is 14.9 Å². The van der Waals surface area contributed by atoms with Crippen LogP contribution < -0.4 is 0 Å². The Kier molecular flexibility index (Phi) is 8.29. The summed E-state index contributed by atoms with van der Waals surface area (Å²) < 4.78 is 0. The fourth-order valence-corrected chi connectivity index (χ4v) is 3.63. The van der Waals surface area contributed by atoms with Crippen LogP contribution in [0.4, 0.5) is 5.69 Å². The topological polar surface area (TPSA) is 66.7 Å². The predicted octanol–water partition coefficient (Wildman–Crippen LogP) is 4.32. The van der Waals surface area contributed by atoms with Gasteiger partial charge in [0.05, 0.1) is 10.2 Å². The lowest BCUT2D eigenvalue weighted by Crippen LogP contribution is -2.40. The molecule has 0 aliphatic rings. The first kappa shape index (κ1) is 22.2. The van der Waals surface area contributed by atoms with Crippen molar-refractivity contribution in [1.29, 1.82) is 0 Å². The molecular formula is C20H24ClN3O3S. The van der Waals surface area contributed by atoms with E-state index in [1.165, 1.54) is 23.9 Å². The van der Waals surface area contributed by atoms with Gasteiger partial charge in [0.2, 0.25) is 5.91 Å². The van der Waals surface area contributed by atoms with Crippen molar-refractivity contribution < 1.29 is 9.72 Å². The van der Waals surface area contributed by atoms with Crippen LogP contribution in [0.25, 0.3) is 0 Å². The number of benzene rings is 2. The minimum atomic E-state index is -0.432. The first-order valence-electron chi connectivity index (χ1n) is 8.85. The van der Waals surface area contributed by atoms with Gasteiger partial charge in [0, 0.05) is 41.7 Å². The predicted molar refractivity (Wildman–Crippen MR) is 114 cm³/mol. The second kappa shape index (κ2) is 10.5. The molecule has 0 spiro atoms. The number of hydrogen-bond donors (Lipinski definition) is 0. The number of thioether (sulfide) groups is 1. The maximum absolute atomic E-state index is 13.1. The fourth-order valence-electron chi connectivity index (χ4n) is 2.56. The summed E-state index contributed by atoms with van der Waals surface area (Å²) in [5, 5.41) is 11.1. The highest BCUT2D eigenvalue weighted by Crippen LogP contribution is 2.27. The molecule has 2 rings (SSSR count). The number of nitrogens with zero attached hydrogens (tertiary/aromatic N) is 3. The smallest absolute Gasteiger partial charge is 0.269 e. The van der Waals surface area contributed by atoms with E-state index in [1.807, 2.05) is 55.1 Å². The number of likely N-dealkylation sites (N-methyl/N-ethyl adjacent to an activating group) is 1. The van der Waals surface area contributed by atoms with Crippen molar-refractivity contribution in [3.63, 3.8) is 0 Å². The van der Waals surface area contributed by atoms with Crippen LogP contribution in [0.15, 0.2) is 53.4 Å². The van der Waals surface area contributed by atoms with Crippen molar-refractivity contribution in [2.75, 3.05) is 27.2 Å². The van der Waals surface area contributed by atoms with Gasteiger partial charge in [-0.3, -0.25) is 14.9 Å². The number of amides is 1. The number of nitro benzene ring substituents is 1. The second-order valence-corrected chi connectivity index (χ2v) is 8.55.